The fraction of sp³-hybridized carbons (Fsp3) is 0.433. The summed E-state index contributed by atoms with van der Waals surface area (Å²) in [5.74, 6) is 1.01. The second kappa shape index (κ2) is 11.5. The minimum atomic E-state index is -0.359. The molecule has 1 atom stereocenters. The predicted octanol–water partition coefficient (Wildman–Crippen LogP) is 4.65. The number of carbonyl (C=O) groups excluding carboxylic acids is 1. The molecule has 0 aliphatic carbocycles. The normalized spacial score (nSPS) is 16.1. The largest absolute Gasteiger partial charge is 0.485 e. The molecule has 1 aromatic heterocycles. The first-order valence-corrected chi connectivity index (χ1v) is 13.2. The number of piperazine rings is 1. The van der Waals surface area contributed by atoms with Gasteiger partial charge in [0, 0.05) is 31.2 Å². The molecule has 0 radical (unpaired) electrons. The number of ether oxygens (including phenoxy) is 1. The van der Waals surface area contributed by atoms with Gasteiger partial charge in [0.15, 0.2) is 17.4 Å². The molecule has 7 nitrogen and oxygen atoms in total. The Morgan fingerprint density at radius 3 is 2.42 bits per heavy atom. The Balaban J connectivity index is 1.74. The molecule has 202 valence electrons. The SMILES string of the molecule is CCc1cc(C)c(OCc2c(C)nc(-c3c(C)cccc3C)nc2N2CCN(CC(N)=O)C(C)C2)c(F)c1. The molecule has 2 N–H and O–H groups in total. The third-order valence-electron chi connectivity index (χ3n) is 7.38. The van der Waals surface area contributed by atoms with Gasteiger partial charge in [0.2, 0.25) is 5.91 Å². The van der Waals surface area contributed by atoms with Crippen molar-refractivity contribution in [2.24, 2.45) is 5.73 Å². The lowest BCUT2D eigenvalue weighted by Crippen LogP contribution is -2.54. The fourth-order valence-corrected chi connectivity index (χ4v) is 5.25. The van der Waals surface area contributed by atoms with Gasteiger partial charge in [0.25, 0.3) is 0 Å². The number of nitrogens with two attached hydrogens (primary N) is 1. The van der Waals surface area contributed by atoms with E-state index in [1.807, 2.05) is 32.9 Å². The van der Waals surface area contributed by atoms with Crippen LogP contribution in [0.5, 0.6) is 5.75 Å². The minimum absolute atomic E-state index is 0.102. The zero-order valence-corrected chi connectivity index (χ0v) is 23.3. The third kappa shape index (κ3) is 5.80. The Hall–Kier alpha value is -3.52. The van der Waals surface area contributed by atoms with Crippen molar-refractivity contribution in [3.05, 3.63) is 69.7 Å². The van der Waals surface area contributed by atoms with Gasteiger partial charge >= 0.3 is 0 Å². The van der Waals surface area contributed by atoms with Crippen LogP contribution in [0.1, 0.15) is 47.4 Å². The van der Waals surface area contributed by atoms with Gasteiger partial charge in [-0.15, -0.1) is 0 Å². The molecule has 1 fully saturated rings. The first-order chi connectivity index (χ1) is 18.1. The molecule has 3 aromatic rings. The Kier molecular flexibility index (Phi) is 8.31. The second-order valence-corrected chi connectivity index (χ2v) is 10.3. The van der Waals surface area contributed by atoms with Gasteiger partial charge < -0.3 is 15.4 Å². The van der Waals surface area contributed by atoms with E-state index >= 15 is 0 Å². The van der Waals surface area contributed by atoms with Crippen molar-refractivity contribution in [2.45, 2.75) is 60.6 Å². The molecule has 1 amide bonds. The highest BCUT2D eigenvalue weighted by Crippen LogP contribution is 2.32. The summed E-state index contributed by atoms with van der Waals surface area (Å²) in [4.78, 5) is 25.8. The highest BCUT2D eigenvalue weighted by Gasteiger charge is 2.29. The number of carbonyl (C=O) groups is 1. The van der Waals surface area contributed by atoms with Crippen LogP contribution in [-0.4, -0.2) is 53.0 Å². The summed E-state index contributed by atoms with van der Waals surface area (Å²) in [5, 5.41) is 0. The standard InChI is InChI=1S/C30H38FN5O2/c1-7-23-13-20(4)28(25(31)14-23)38-17-24-22(6)33-29(27-18(2)9-8-10-19(27)3)34-30(24)36-12-11-35(16-26(32)37)21(5)15-36/h8-10,13-14,21H,7,11-12,15-17H2,1-6H3,(H2,32,37). The second-order valence-electron chi connectivity index (χ2n) is 10.3. The summed E-state index contributed by atoms with van der Waals surface area (Å²) >= 11 is 0. The third-order valence-corrected chi connectivity index (χ3v) is 7.38. The van der Waals surface area contributed by atoms with Crippen molar-refractivity contribution in [3.63, 3.8) is 0 Å². The number of benzene rings is 2. The summed E-state index contributed by atoms with van der Waals surface area (Å²) in [6.45, 7) is 14.4. The molecule has 8 heteroatoms. The molecule has 2 heterocycles. The topological polar surface area (TPSA) is 84.6 Å². The quantitative estimate of drug-likeness (QED) is 0.466. The first-order valence-electron chi connectivity index (χ1n) is 13.2. The lowest BCUT2D eigenvalue weighted by atomic mass is 10.0. The van der Waals surface area contributed by atoms with Crippen molar-refractivity contribution < 1.29 is 13.9 Å². The van der Waals surface area contributed by atoms with Crippen LogP contribution in [0.3, 0.4) is 0 Å². The molecule has 1 aliphatic rings. The number of halogens is 1. The van der Waals surface area contributed by atoms with Gasteiger partial charge in [-0.05, 0) is 69.4 Å². The lowest BCUT2D eigenvalue weighted by Gasteiger charge is -2.40. The molecule has 2 aromatic carbocycles. The Morgan fingerprint density at radius 2 is 1.82 bits per heavy atom. The van der Waals surface area contributed by atoms with Crippen molar-refractivity contribution in [3.8, 4) is 17.1 Å². The van der Waals surface area contributed by atoms with E-state index in [4.69, 9.17) is 20.4 Å². The molecule has 0 saturated carbocycles. The monoisotopic (exact) mass is 519 g/mol. The van der Waals surface area contributed by atoms with E-state index in [0.717, 1.165) is 51.3 Å². The van der Waals surface area contributed by atoms with E-state index in [0.29, 0.717) is 25.5 Å². The fourth-order valence-electron chi connectivity index (χ4n) is 5.25. The predicted molar refractivity (Wildman–Crippen MR) is 149 cm³/mol. The van der Waals surface area contributed by atoms with E-state index < -0.39 is 0 Å². The molecule has 38 heavy (non-hydrogen) atoms. The minimum Gasteiger partial charge on any atom is -0.485 e. The zero-order chi connectivity index (χ0) is 27.6. The van der Waals surface area contributed by atoms with E-state index in [9.17, 15) is 9.18 Å². The Bertz CT molecular complexity index is 1300. The average molecular weight is 520 g/mol. The van der Waals surface area contributed by atoms with Crippen molar-refractivity contribution in [2.75, 3.05) is 31.1 Å². The number of aryl methyl sites for hydroxylation is 5. The number of nitrogens with zero attached hydrogens (tertiary/aromatic N) is 4. The summed E-state index contributed by atoms with van der Waals surface area (Å²) in [5.41, 5.74) is 12.0. The van der Waals surface area contributed by atoms with Crippen LogP contribution in [0.4, 0.5) is 10.2 Å². The number of primary amides is 1. The summed E-state index contributed by atoms with van der Waals surface area (Å²) < 4.78 is 21.0. The number of hydrogen-bond donors (Lipinski definition) is 1. The van der Waals surface area contributed by atoms with Gasteiger partial charge in [-0.25, -0.2) is 14.4 Å². The van der Waals surface area contributed by atoms with Gasteiger partial charge in [0.1, 0.15) is 12.4 Å². The number of rotatable bonds is 8. The van der Waals surface area contributed by atoms with Gasteiger partial charge in [-0.2, -0.15) is 0 Å². The van der Waals surface area contributed by atoms with Crippen LogP contribution in [0.15, 0.2) is 30.3 Å². The first kappa shape index (κ1) is 27.5. The summed E-state index contributed by atoms with van der Waals surface area (Å²) in [7, 11) is 0. The number of anilines is 1. The van der Waals surface area contributed by atoms with Crippen molar-refractivity contribution in [1.82, 2.24) is 14.9 Å². The smallest absolute Gasteiger partial charge is 0.231 e. The van der Waals surface area contributed by atoms with E-state index in [2.05, 4.69) is 42.7 Å². The van der Waals surface area contributed by atoms with Crippen LogP contribution in [0.25, 0.3) is 11.4 Å². The number of aromatic nitrogens is 2. The van der Waals surface area contributed by atoms with Gasteiger partial charge in [-0.3, -0.25) is 9.69 Å². The van der Waals surface area contributed by atoms with Crippen LogP contribution >= 0.6 is 0 Å². The molecule has 0 spiro atoms. The Morgan fingerprint density at radius 1 is 1.11 bits per heavy atom. The molecule has 0 bridgehead atoms. The Labute approximate surface area is 224 Å². The van der Waals surface area contributed by atoms with E-state index in [1.165, 1.54) is 6.07 Å². The zero-order valence-electron chi connectivity index (χ0n) is 23.3. The molecular weight excluding hydrogens is 481 g/mol. The number of hydrogen-bond acceptors (Lipinski definition) is 6. The average Bonchev–Trinajstić information content (AvgIpc) is 2.85. The van der Waals surface area contributed by atoms with Gasteiger partial charge in [0.05, 0.1) is 17.8 Å². The van der Waals surface area contributed by atoms with Crippen molar-refractivity contribution in [1.29, 1.82) is 0 Å². The summed E-state index contributed by atoms with van der Waals surface area (Å²) in [6.07, 6.45) is 0.759. The molecule has 1 saturated heterocycles. The molecule has 1 unspecified atom stereocenters. The maximum absolute atomic E-state index is 14.9. The van der Waals surface area contributed by atoms with Crippen LogP contribution in [-0.2, 0) is 17.8 Å². The van der Waals surface area contributed by atoms with Gasteiger partial charge in [-0.1, -0.05) is 31.2 Å². The van der Waals surface area contributed by atoms with Crippen LogP contribution in [0, 0.1) is 33.5 Å². The van der Waals surface area contributed by atoms with E-state index in [-0.39, 0.29) is 36.7 Å². The summed E-state index contributed by atoms with van der Waals surface area (Å²) in [6, 6.07) is 9.76. The highest BCUT2D eigenvalue weighted by atomic mass is 19.1. The maximum Gasteiger partial charge on any atom is 0.231 e. The highest BCUT2D eigenvalue weighted by molar-refractivity contribution is 5.76. The lowest BCUT2D eigenvalue weighted by molar-refractivity contribution is -0.119. The van der Waals surface area contributed by atoms with E-state index in [1.54, 1.807) is 0 Å². The maximum atomic E-state index is 14.9. The van der Waals surface area contributed by atoms with Crippen molar-refractivity contribution >= 4 is 11.7 Å². The van der Waals surface area contributed by atoms with Crippen LogP contribution in [0.2, 0.25) is 0 Å². The molecule has 1 aliphatic heterocycles. The number of amides is 1. The van der Waals surface area contributed by atoms with Crippen LogP contribution < -0.4 is 15.4 Å². The molecule has 4 rings (SSSR count). The molecular formula is C30H38FN5O2.